The lowest BCUT2D eigenvalue weighted by Gasteiger charge is -2.18. The number of thiophene rings is 1. The van der Waals surface area contributed by atoms with Gasteiger partial charge >= 0.3 is 0 Å². The lowest BCUT2D eigenvalue weighted by Crippen LogP contribution is -2.32. The van der Waals surface area contributed by atoms with E-state index in [4.69, 9.17) is 4.74 Å². The quantitative estimate of drug-likeness (QED) is 0.640. The number of aryl methyl sites for hydroxylation is 1. The molecule has 0 radical (unpaired) electrons. The Labute approximate surface area is 156 Å². The van der Waals surface area contributed by atoms with Crippen molar-refractivity contribution < 1.29 is 9.53 Å². The van der Waals surface area contributed by atoms with Crippen LogP contribution in [-0.4, -0.2) is 40.9 Å². The Hall–Kier alpha value is -1.18. The number of amides is 1. The Morgan fingerprint density at radius 1 is 1.44 bits per heavy atom. The fourth-order valence-corrected chi connectivity index (χ4v) is 5.84. The largest absolute Gasteiger partial charge is 0.376 e. The molecule has 0 aromatic carbocycles. The summed E-state index contributed by atoms with van der Waals surface area (Å²) in [4.78, 5) is 23.6. The minimum absolute atomic E-state index is 0.0463. The van der Waals surface area contributed by atoms with Gasteiger partial charge in [-0.1, -0.05) is 18.7 Å². The number of hydrogen-bond acceptors (Lipinski definition) is 6. The smallest absolute Gasteiger partial charge is 0.230 e. The maximum atomic E-state index is 12.2. The summed E-state index contributed by atoms with van der Waals surface area (Å²) in [6.07, 6.45) is 7.41. The van der Waals surface area contributed by atoms with Gasteiger partial charge in [0, 0.05) is 23.4 Å². The Kier molecular flexibility index (Phi) is 5.24. The molecule has 0 bridgehead atoms. The zero-order valence-electron chi connectivity index (χ0n) is 14.4. The normalized spacial score (nSPS) is 22.9. The van der Waals surface area contributed by atoms with Crippen LogP contribution in [0.3, 0.4) is 0 Å². The van der Waals surface area contributed by atoms with Crippen molar-refractivity contribution in [2.75, 3.05) is 18.9 Å². The van der Waals surface area contributed by atoms with Gasteiger partial charge in [0.15, 0.2) is 0 Å². The third-order valence-electron chi connectivity index (χ3n) is 4.95. The lowest BCUT2D eigenvalue weighted by atomic mass is 9.89. The van der Waals surface area contributed by atoms with Crippen molar-refractivity contribution >= 4 is 39.2 Å². The van der Waals surface area contributed by atoms with E-state index in [2.05, 4.69) is 22.2 Å². The summed E-state index contributed by atoms with van der Waals surface area (Å²) in [6.45, 7) is 3.74. The summed E-state index contributed by atoms with van der Waals surface area (Å²) in [7, 11) is 0. The molecule has 1 amide bonds. The molecule has 1 saturated heterocycles. The summed E-state index contributed by atoms with van der Waals surface area (Å²) in [6, 6.07) is 0. The highest BCUT2D eigenvalue weighted by atomic mass is 32.2. The highest BCUT2D eigenvalue weighted by molar-refractivity contribution is 8.00. The van der Waals surface area contributed by atoms with E-state index in [0.29, 0.717) is 12.3 Å². The van der Waals surface area contributed by atoms with E-state index in [1.54, 1.807) is 17.7 Å². The first-order valence-electron chi connectivity index (χ1n) is 8.97. The number of thioether (sulfide) groups is 1. The van der Waals surface area contributed by atoms with Gasteiger partial charge < -0.3 is 10.1 Å². The number of carbonyl (C=O) groups excluding carboxylic acids is 1. The van der Waals surface area contributed by atoms with Gasteiger partial charge in [-0.05, 0) is 43.6 Å². The molecular weight excluding hydrogens is 354 g/mol. The van der Waals surface area contributed by atoms with Crippen molar-refractivity contribution in [1.82, 2.24) is 15.3 Å². The van der Waals surface area contributed by atoms with E-state index in [1.165, 1.54) is 34.0 Å². The number of nitrogens with one attached hydrogen (secondary N) is 1. The monoisotopic (exact) mass is 377 g/mol. The average Bonchev–Trinajstić information content (AvgIpc) is 3.24. The molecule has 134 valence electrons. The maximum absolute atomic E-state index is 12.2. The molecule has 2 aromatic heterocycles. The predicted molar refractivity (Wildman–Crippen MR) is 101 cm³/mol. The first kappa shape index (κ1) is 17.2. The van der Waals surface area contributed by atoms with Crippen molar-refractivity contribution in [3.8, 4) is 0 Å². The van der Waals surface area contributed by atoms with Crippen molar-refractivity contribution in [3.63, 3.8) is 0 Å². The van der Waals surface area contributed by atoms with Crippen LogP contribution in [0.5, 0.6) is 0 Å². The van der Waals surface area contributed by atoms with Crippen LogP contribution in [0.15, 0.2) is 11.4 Å². The molecule has 1 N–H and O–H groups in total. The Bertz CT molecular complexity index is 771. The van der Waals surface area contributed by atoms with Crippen LogP contribution in [0.25, 0.3) is 10.2 Å². The highest BCUT2D eigenvalue weighted by Crippen LogP contribution is 2.40. The molecule has 25 heavy (non-hydrogen) atoms. The summed E-state index contributed by atoms with van der Waals surface area (Å²) >= 11 is 3.32. The van der Waals surface area contributed by atoms with Gasteiger partial charge in [-0.3, -0.25) is 4.79 Å². The number of aromatic nitrogens is 2. The second-order valence-electron chi connectivity index (χ2n) is 6.94. The molecule has 3 heterocycles. The van der Waals surface area contributed by atoms with E-state index in [9.17, 15) is 4.79 Å². The van der Waals surface area contributed by atoms with Gasteiger partial charge in [0.2, 0.25) is 5.91 Å². The highest BCUT2D eigenvalue weighted by Gasteiger charge is 2.23. The number of ether oxygens (including phenoxy) is 1. The van der Waals surface area contributed by atoms with Gasteiger partial charge in [0.1, 0.15) is 16.2 Å². The van der Waals surface area contributed by atoms with E-state index in [0.717, 1.165) is 48.1 Å². The number of nitrogens with zero attached hydrogens (tertiary/aromatic N) is 2. The average molecular weight is 378 g/mol. The Morgan fingerprint density at radius 3 is 3.20 bits per heavy atom. The fraction of sp³-hybridized carbons (Fsp3) is 0.611. The molecule has 2 aromatic rings. The molecule has 7 heteroatoms. The fourth-order valence-electron chi connectivity index (χ4n) is 3.57. The topological polar surface area (TPSA) is 64.1 Å². The van der Waals surface area contributed by atoms with Crippen LogP contribution in [-0.2, 0) is 22.4 Å². The molecule has 1 aliphatic heterocycles. The molecule has 5 nitrogen and oxygen atoms in total. The minimum atomic E-state index is 0.0463. The van der Waals surface area contributed by atoms with Gasteiger partial charge in [0.25, 0.3) is 0 Å². The van der Waals surface area contributed by atoms with Crippen LogP contribution < -0.4 is 5.32 Å². The second-order valence-corrected chi connectivity index (χ2v) is 8.99. The minimum Gasteiger partial charge on any atom is -0.376 e. The van der Waals surface area contributed by atoms with Crippen LogP contribution in [0.2, 0.25) is 0 Å². The Morgan fingerprint density at radius 2 is 2.36 bits per heavy atom. The van der Waals surface area contributed by atoms with Crippen molar-refractivity contribution in [2.24, 2.45) is 5.92 Å². The maximum Gasteiger partial charge on any atom is 0.230 e. The molecule has 2 unspecified atom stereocenters. The van der Waals surface area contributed by atoms with Crippen LogP contribution in [0.1, 0.15) is 36.6 Å². The standard InChI is InChI=1S/C18H23N3O2S2/c1-11-4-5-13-14(7-11)25-18-16(13)17(20-10-21-18)24-9-15(22)19-8-12-3-2-6-23-12/h10-12H,2-9H2,1H3,(H,19,22). The van der Waals surface area contributed by atoms with E-state index in [-0.39, 0.29) is 12.0 Å². The van der Waals surface area contributed by atoms with E-state index in [1.807, 2.05) is 0 Å². The van der Waals surface area contributed by atoms with E-state index < -0.39 is 0 Å². The molecule has 0 saturated carbocycles. The van der Waals surface area contributed by atoms with Gasteiger partial charge in [-0.2, -0.15) is 0 Å². The van der Waals surface area contributed by atoms with Gasteiger partial charge in [-0.25, -0.2) is 9.97 Å². The van der Waals surface area contributed by atoms with Crippen molar-refractivity contribution in [2.45, 2.75) is 50.2 Å². The third kappa shape index (κ3) is 3.83. The van der Waals surface area contributed by atoms with Crippen LogP contribution >= 0.6 is 23.1 Å². The number of fused-ring (bicyclic) bond motifs is 3. The lowest BCUT2D eigenvalue weighted by molar-refractivity contribution is -0.119. The summed E-state index contributed by atoms with van der Waals surface area (Å²) < 4.78 is 5.54. The zero-order chi connectivity index (χ0) is 17.2. The molecule has 1 aliphatic carbocycles. The molecule has 2 atom stereocenters. The first-order valence-corrected chi connectivity index (χ1v) is 10.8. The third-order valence-corrected chi connectivity index (χ3v) is 7.10. The van der Waals surface area contributed by atoms with E-state index >= 15 is 0 Å². The summed E-state index contributed by atoms with van der Waals surface area (Å²) in [5.41, 5.74) is 1.42. The second kappa shape index (κ2) is 7.60. The van der Waals surface area contributed by atoms with Gasteiger partial charge in [-0.15, -0.1) is 11.3 Å². The number of hydrogen-bond donors (Lipinski definition) is 1. The van der Waals surface area contributed by atoms with Crippen LogP contribution in [0, 0.1) is 5.92 Å². The Balaban J connectivity index is 1.43. The summed E-state index contributed by atoms with van der Waals surface area (Å²) in [5.74, 6) is 1.18. The zero-order valence-corrected chi connectivity index (χ0v) is 16.0. The van der Waals surface area contributed by atoms with Crippen molar-refractivity contribution in [3.05, 3.63) is 16.8 Å². The summed E-state index contributed by atoms with van der Waals surface area (Å²) in [5, 5.41) is 5.11. The SMILES string of the molecule is CC1CCc2c(sc3ncnc(SCC(=O)NCC4CCCO4)c23)C1. The van der Waals surface area contributed by atoms with Crippen molar-refractivity contribution in [1.29, 1.82) is 0 Å². The predicted octanol–water partition coefficient (Wildman–Crippen LogP) is 3.20. The molecular formula is C18H23N3O2S2. The molecule has 4 rings (SSSR count). The molecule has 0 spiro atoms. The van der Waals surface area contributed by atoms with Crippen LogP contribution in [0.4, 0.5) is 0 Å². The molecule has 1 fully saturated rings. The van der Waals surface area contributed by atoms with Gasteiger partial charge in [0.05, 0.1) is 11.9 Å². The number of carbonyl (C=O) groups is 1. The first-order chi connectivity index (χ1) is 12.2. The number of rotatable bonds is 5. The molecule has 2 aliphatic rings.